The number of anilines is 1. The number of esters is 1. The Morgan fingerprint density at radius 3 is 2.38 bits per heavy atom. The van der Waals surface area contributed by atoms with Crippen LogP contribution in [-0.4, -0.2) is 42.9 Å². The van der Waals surface area contributed by atoms with E-state index in [2.05, 4.69) is 11.4 Å². The molecule has 7 nitrogen and oxygen atoms in total. The van der Waals surface area contributed by atoms with Crippen LogP contribution in [0.4, 0.5) is 5.69 Å². The number of nitrogens with one attached hydrogen (secondary N) is 1. The predicted octanol–water partition coefficient (Wildman–Crippen LogP) is 4.62. The van der Waals surface area contributed by atoms with Crippen molar-refractivity contribution >= 4 is 46.8 Å². The van der Waals surface area contributed by atoms with E-state index in [1.165, 1.54) is 18.8 Å². The number of nitriles is 1. The predicted molar refractivity (Wildman–Crippen MR) is 130 cm³/mol. The molecule has 0 atom stereocenters. The quantitative estimate of drug-likeness (QED) is 0.460. The molecule has 9 heteroatoms. The molecule has 3 rings (SSSR count). The summed E-state index contributed by atoms with van der Waals surface area (Å²) in [7, 11) is 1.44. The molecule has 172 valence electrons. The van der Waals surface area contributed by atoms with Gasteiger partial charge in [-0.25, -0.2) is 4.79 Å². The van der Waals surface area contributed by atoms with Crippen molar-refractivity contribution in [1.29, 1.82) is 5.26 Å². The van der Waals surface area contributed by atoms with Crippen LogP contribution in [0, 0.1) is 11.3 Å². The number of rotatable bonds is 8. The van der Waals surface area contributed by atoms with E-state index in [9.17, 15) is 19.6 Å². The molecule has 0 saturated carbocycles. The Labute approximate surface area is 206 Å². The number of para-hydroxylation sites is 1. The number of hydrogen-bond acceptors (Lipinski definition) is 6. The van der Waals surface area contributed by atoms with Gasteiger partial charge in [-0.15, -0.1) is 0 Å². The Balaban J connectivity index is 1.58. The van der Waals surface area contributed by atoms with Gasteiger partial charge in [0.05, 0.1) is 28.4 Å². The fraction of sp³-hybridized carbons (Fsp3) is 0.120. The van der Waals surface area contributed by atoms with Crippen molar-refractivity contribution in [1.82, 2.24) is 4.90 Å². The van der Waals surface area contributed by atoms with Gasteiger partial charge >= 0.3 is 5.97 Å². The molecular weight excluding hydrogens is 474 g/mol. The fourth-order valence-corrected chi connectivity index (χ4v) is 4.06. The summed E-state index contributed by atoms with van der Waals surface area (Å²) in [4.78, 5) is 39.7. The summed E-state index contributed by atoms with van der Waals surface area (Å²) in [5, 5.41) is 12.3. The third-order valence-corrected chi connectivity index (χ3v) is 6.10. The van der Waals surface area contributed by atoms with Gasteiger partial charge in [0.2, 0.25) is 5.91 Å². The average Bonchev–Trinajstić information content (AvgIpc) is 2.84. The molecule has 0 bridgehead atoms. The molecule has 0 saturated heterocycles. The topological polar surface area (TPSA) is 99.5 Å². The number of carbonyl (C=O) groups excluding carboxylic acids is 3. The number of carbonyl (C=O) groups is 3. The summed E-state index contributed by atoms with van der Waals surface area (Å²) >= 11 is 7.28. The van der Waals surface area contributed by atoms with Crippen molar-refractivity contribution in [3.63, 3.8) is 0 Å². The van der Waals surface area contributed by atoms with E-state index < -0.39 is 24.4 Å². The lowest BCUT2D eigenvalue weighted by Crippen LogP contribution is -2.37. The lowest BCUT2D eigenvalue weighted by atomic mass is 10.2. The van der Waals surface area contributed by atoms with Crippen molar-refractivity contribution in [3.05, 3.63) is 88.9 Å². The number of amides is 2. The van der Waals surface area contributed by atoms with Gasteiger partial charge in [0.25, 0.3) is 5.91 Å². The SMILES string of the molecule is CN(CC(=O)Nc1ccccc1Cl)C(=O)COC(=O)c1ccccc1Sc1ccccc1C#N. The lowest BCUT2D eigenvalue weighted by Gasteiger charge is -2.17. The summed E-state index contributed by atoms with van der Waals surface area (Å²) in [6.45, 7) is -0.762. The molecule has 0 aliphatic rings. The third kappa shape index (κ3) is 6.61. The van der Waals surface area contributed by atoms with Crippen LogP contribution < -0.4 is 5.32 Å². The minimum absolute atomic E-state index is 0.237. The van der Waals surface area contributed by atoms with E-state index in [1.54, 1.807) is 72.8 Å². The maximum absolute atomic E-state index is 12.7. The molecule has 0 radical (unpaired) electrons. The number of likely N-dealkylation sites (N-methyl/N-ethyl adjacent to an activating group) is 1. The monoisotopic (exact) mass is 493 g/mol. The number of hydrogen-bond donors (Lipinski definition) is 1. The van der Waals surface area contributed by atoms with Crippen molar-refractivity contribution in [2.75, 3.05) is 25.5 Å². The van der Waals surface area contributed by atoms with Gasteiger partial charge < -0.3 is 15.0 Å². The third-order valence-electron chi connectivity index (χ3n) is 4.62. The van der Waals surface area contributed by atoms with Crippen molar-refractivity contribution in [2.45, 2.75) is 9.79 Å². The van der Waals surface area contributed by atoms with E-state index >= 15 is 0 Å². The molecule has 0 aliphatic carbocycles. The smallest absolute Gasteiger partial charge is 0.339 e. The van der Waals surface area contributed by atoms with Crippen molar-refractivity contribution in [2.24, 2.45) is 0 Å². The number of ether oxygens (including phenoxy) is 1. The molecule has 0 unspecified atom stereocenters. The standard InChI is InChI=1S/C25H20ClN3O4S/c1-29(15-23(30)28-20-11-5-4-10-19(20)26)24(31)16-33-25(32)18-9-3-7-13-22(18)34-21-12-6-2-8-17(21)14-27/h2-13H,15-16H2,1H3,(H,28,30). The first-order valence-electron chi connectivity index (χ1n) is 10.1. The first kappa shape index (κ1) is 24.8. The van der Waals surface area contributed by atoms with Gasteiger partial charge in [-0.3, -0.25) is 9.59 Å². The van der Waals surface area contributed by atoms with E-state index in [-0.39, 0.29) is 12.1 Å². The number of benzene rings is 3. The van der Waals surface area contributed by atoms with Crippen LogP contribution in [0.3, 0.4) is 0 Å². The van der Waals surface area contributed by atoms with Crippen LogP contribution >= 0.6 is 23.4 Å². The highest BCUT2D eigenvalue weighted by Gasteiger charge is 2.19. The molecular formula is C25H20ClN3O4S. The second-order valence-electron chi connectivity index (χ2n) is 7.06. The normalized spacial score (nSPS) is 10.1. The minimum Gasteiger partial charge on any atom is -0.452 e. The summed E-state index contributed by atoms with van der Waals surface area (Å²) in [5.41, 5.74) is 1.20. The van der Waals surface area contributed by atoms with Gasteiger partial charge in [-0.2, -0.15) is 5.26 Å². The summed E-state index contributed by atoms with van der Waals surface area (Å²) < 4.78 is 5.20. The average molecular weight is 494 g/mol. The minimum atomic E-state index is -0.681. The lowest BCUT2D eigenvalue weighted by molar-refractivity contribution is -0.136. The second kappa shape index (κ2) is 11.9. The number of halogens is 1. The highest BCUT2D eigenvalue weighted by molar-refractivity contribution is 7.99. The first-order valence-corrected chi connectivity index (χ1v) is 11.3. The van der Waals surface area contributed by atoms with Crippen molar-refractivity contribution in [3.8, 4) is 6.07 Å². The molecule has 34 heavy (non-hydrogen) atoms. The van der Waals surface area contributed by atoms with Crippen LogP contribution in [0.15, 0.2) is 82.6 Å². The van der Waals surface area contributed by atoms with E-state index in [1.807, 2.05) is 0 Å². The molecule has 0 aliphatic heterocycles. The van der Waals surface area contributed by atoms with Gasteiger partial charge in [-0.05, 0) is 36.4 Å². The Hall–Kier alpha value is -3.80. The largest absolute Gasteiger partial charge is 0.452 e. The highest BCUT2D eigenvalue weighted by Crippen LogP contribution is 2.32. The second-order valence-corrected chi connectivity index (χ2v) is 8.55. The van der Waals surface area contributed by atoms with E-state index in [4.69, 9.17) is 16.3 Å². The van der Waals surface area contributed by atoms with Gasteiger partial charge in [0.1, 0.15) is 6.07 Å². The molecule has 2 amide bonds. The molecule has 0 spiro atoms. The molecule has 0 fully saturated rings. The molecule has 0 heterocycles. The molecule has 0 aromatic heterocycles. The van der Waals surface area contributed by atoms with Crippen LogP contribution in [0.5, 0.6) is 0 Å². The van der Waals surface area contributed by atoms with E-state index in [0.717, 1.165) is 4.90 Å². The van der Waals surface area contributed by atoms with Crippen LogP contribution in [-0.2, 0) is 14.3 Å². The van der Waals surface area contributed by atoms with Gasteiger partial charge in [-0.1, -0.05) is 59.8 Å². The Morgan fingerprint density at radius 1 is 1.00 bits per heavy atom. The zero-order valence-electron chi connectivity index (χ0n) is 18.2. The Bertz CT molecular complexity index is 1260. The fourth-order valence-electron chi connectivity index (χ4n) is 2.86. The summed E-state index contributed by atoms with van der Waals surface area (Å²) in [6.07, 6.45) is 0. The molecule has 1 N–H and O–H groups in total. The molecule has 3 aromatic carbocycles. The summed E-state index contributed by atoms with van der Waals surface area (Å²) in [6, 6.07) is 22.7. The maximum atomic E-state index is 12.7. The van der Waals surface area contributed by atoms with Crippen LogP contribution in [0.25, 0.3) is 0 Å². The van der Waals surface area contributed by atoms with Crippen LogP contribution in [0.1, 0.15) is 15.9 Å². The summed E-state index contributed by atoms with van der Waals surface area (Å²) in [5.74, 6) is -1.66. The van der Waals surface area contributed by atoms with Gasteiger partial charge in [0, 0.05) is 16.8 Å². The zero-order chi connectivity index (χ0) is 24.5. The highest BCUT2D eigenvalue weighted by atomic mass is 35.5. The maximum Gasteiger partial charge on any atom is 0.339 e. The number of nitrogens with zero attached hydrogens (tertiary/aromatic N) is 2. The zero-order valence-corrected chi connectivity index (χ0v) is 19.7. The Kier molecular flexibility index (Phi) is 8.68. The van der Waals surface area contributed by atoms with Crippen LogP contribution in [0.2, 0.25) is 5.02 Å². The van der Waals surface area contributed by atoms with Gasteiger partial charge in [0.15, 0.2) is 6.61 Å². The molecule has 3 aromatic rings. The Morgan fingerprint density at radius 2 is 1.65 bits per heavy atom. The van der Waals surface area contributed by atoms with Crippen molar-refractivity contribution < 1.29 is 19.1 Å². The van der Waals surface area contributed by atoms with E-state index in [0.29, 0.717) is 26.1 Å². The first-order chi connectivity index (χ1) is 16.4.